The predicted molar refractivity (Wildman–Crippen MR) is 80.4 cm³/mol. The third kappa shape index (κ3) is 3.24. The van der Waals surface area contributed by atoms with Crippen LogP contribution in [-0.4, -0.2) is 11.6 Å². The number of thiazole rings is 1. The molecule has 0 spiro atoms. The van der Waals surface area contributed by atoms with E-state index >= 15 is 0 Å². The molecule has 0 bridgehead atoms. The Kier molecular flexibility index (Phi) is 4.39. The summed E-state index contributed by atoms with van der Waals surface area (Å²) in [4.78, 5) is 5.46. The Balaban J connectivity index is 2.35. The van der Waals surface area contributed by atoms with Gasteiger partial charge in [0.25, 0.3) is 0 Å². The molecule has 5 heteroatoms. The maximum Gasteiger partial charge on any atom is 0.197 e. The number of para-hydroxylation sites is 1. The van der Waals surface area contributed by atoms with E-state index in [9.17, 15) is 0 Å². The molecule has 0 atom stereocenters. The zero-order valence-corrected chi connectivity index (χ0v) is 12.3. The highest BCUT2D eigenvalue weighted by Crippen LogP contribution is 2.37. The lowest BCUT2D eigenvalue weighted by Crippen LogP contribution is -2.05. The average Bonchev–Trinajstić information content (AvgIpc) is 2.78. The van der Waals surface area contributed by atoms with Crippen LogP contribution in [0, 0.1) is 12.8 Å². The van der Waals surface area contributed by atoms with Crippen molar-refractivity contribution >= 4 is 16.5 Å². The summed E-state index contributed by atoms with van der Waals surface area (Å²) in [6, 6.07) is 8.03. The number of benzene rings is 1. The third-order valence-corrected chi connectivity index (χ3v) is 3.75. The highest BCUT2D eigenvalue weighted by atomic mass is 32.1. The van der Waals surface area contributed by atoms with Gasteiger partial charge in [-0.05, 0) is 25.0 Å². The first-order valence-corrected chi connectivity index (χ1v) is 7.09. The van der Waals surface area contributed by atoms with Gasteiger partial charge in [0.2, 0.25) is 0 Å². The standard InChI is InChI=1S/C14H19N3OS/c1-9(2)8-18-12-7-5-4-6-11(12)13-10(3)16-14(17-15)19-13/h4-7,9H,8,15H2,1-3H3,(H,16,17). The monoisotopic (exact) mass is 277 g/mol. The minimum Gasteiger partial charge on any atom is -0.493 e. The van der Waals surface area contributed by atoms with Gasteiger partial charge in [-0.2, -0.15) is 0 Å². The molecule has 0 unspecified atom stereocenters. The second-order valence-electron chi connectivity index (χ2n) is 4.78. The summed E-state index contributed by atoms with van der Waals surface area (Å²) in [5.41, 5.74) is 4.62. The van der Waals surface area contributed by atoms with Gasteiger partial charge in [0.1, 0.15) is 5.75 Å². The van der Waals surface area contributed by atoms with Gasteiger partial charge in [-0.3, -0.25) is 5.43 Å². The zero-order chi connectivity index (χ0) is 13.8. The number of nitrogen functional groups attached to an aromatic ring is 1. The number of hydrazine groups is 1. The first kappa shape index (κ1) is 13.8. The fourth-order valence-corrected chi connectivity index (χ4v) is 2.65. The Morgan fingerprint density at radius 1 is 1.37 bits per heavy atom. The van der Waals surface area contributed by atoms with Crippen molar-refractivity contribution in [2.75, 3.05) is 12.0 Å². The molecule has 0 aliphatic rings. The Morgan fingerprint density at radius 2 is 2.11 bits per heavy atom. The van der Waals surface area contributed by atoms with Crippen molar-refractivity contribution in [3.05, 3.63) is 30.0 Å². The van der Waals surface area contributed by atoms with Crippen LogP contribution < -0.4 is 16.0 Å². The van der Waals surface area contributed by atoms with E-state index in [-0.39, 0.29) is 0 Å². The molecule has 2 aromatic rings. The van der Waals surface area contributed by atoms with Crippen LogP contribution >= 0.6 is 11.3 Å². The Morgan fingerprint density at radius 3 is 2.74 bits per heavy atom. The molecule has 3 N–H and O–H groups in total. The number of rotatable bonds is 5. The fourth-order valence-electron chi connectivity index (χ4n) is 1.74. The number of aromatic nitrogens is 1. The first-order valence-electron chi connectivity index (χ1n) is 6.28. The molecule has 0 saturated heterocycles. The van der Waals surface area contributed by atoms with Gasteiger partial charge in [0.15, 0.2) is 5.13 Å². The van der Waals surface area contributed by atoms with Gasteiger partial charge >= 0.3 is 0 Å². The lowest BCUT2D eigenvalue weighted by molar-refractivity contribution is 0.272. The molecule has 1 aromatic carbocycles. The van der Waals surface area contributed by atoms with Crippen LogP contribution in [0.5, 0.6) is 5.75 Å². The number of aryl methyl sites for hydroxylation is 1. The van der Waals surface area contributed by atoms with Crippen molar-refractivity contribution in [2.24, 2.45) is 11.8 Å². The number of nitrogens with one attached hydrogen (secondary N) is 1. The number of anilines is 1. The molecular weight excluding hydrogens is 258 g/mol. The maximum atomic E-state index is 5.88. The molecule has 0 saturated carbocycles. The van der Waals surface area contributed by atoms with E-state index < -0.39 is 0 Å². The SMILES string of the molecule is Cc1nc(NN)sc1-c1ccccc1OCC(C)C. The van der Waals surface area contributed by atoms with Gasteiger partial charge < -0.3 is 4.74 Å². The Bertz CT molecular complexity index is 551. The Labute approximate surface area is 117 Å². The van der Waals surface area contributed by atoms with Gasteiger partial charge in [0, 0.05) is 5.56 Å². The quantitative estimate of drug-likeness (QED) is 0.649. The molecule has 102 valence electrons. The summed E-state index contributed by atoms with van der Waals surface area (Å²) in [6.45, 7) is 6.96. The molecule has 0 amide bonds. The molecule has 0 aliphatic carbocycles. The van der Waals surface area contributed by atoms with Crippen molar-refractivity contribution in [1.29, 1.82) is 0 Å². The predicted octanol–water partition coefficient (Wildman–Crippen LogP) is 3.44. The van der Waals surface area contributed by atoms with Crippen LogP contribution in [-0.2, 0) is 0 Å². The summed E-state index contributed by atoms with van der Waals surface area (Å²) < 4.78 is 5.88. The third-order valence-electron chi connectivity index (χ3n) is 2.62. The summed E-state index contributed by atoms with van der Waals surface area (Å²) in [5, 5.41) is 0.714. The van der Waals surface area contributed by atoms with Crippen LogP contribution in [0.3, 0.4) is 0 Å². The van der Waals surface area contributed by atoms with Gasteiger partial charge in [-0.1, -0.05) is 37.3 Å². The van der Waals surface area contributed by atoms with Crippen molar-refractivity contribution < 1.29 is 4.74 Å². The molecule has 4 nitrogen and oxygen atoms in total. The van der Waals surface area contributed by atoms with E-state index in [2.05, 4.69) is 30.3 Å². The van der Waals surface area contributed by atoms with Crippen molar-refractivity contribution in [2.45, 2.75) is 20.8 Å². The molecule has 19 heavy (non-hydrogen) atoms. The second kappa shape index (κ2) is 6.04. The summed E-state index contributed by atoms with van der Waals surface area (Å²) in [6.07, 6.45) is 0. The van der Waals surface area contributed by atoms with Crippen LogP contribution in [0.4, 0.5) is 5.13 Å². The number of ether oxygens (including phenoxy) is 1. The van der Waals surface area contributed by atoms with Crippen LogP contribution in [0.25, 0.3) is 10.4 Å². The van der Waals surface area contributed by atoms with Gasteiger partial charge in [-0.25, -0.2) is 10.8 Å². The number of nitrogens with zero attached hydrogens (tertiary/aromatic N) is 1. The van der Waals surface area contributed by atoms with Crippen molar-refractivity contribution in [3.63, 3.8) is 0 Å². The molecule has 1 aromatic heterocycles. The molecule has 0 aliphatic heterocycles. The summed E-state index contributed by atoms with van der Waals surface area (Å²) in [5.74, 6) is 6.81. The molecule has 1 heterocycles. The van der Waals surface area contributed by atoms with E-state index in [1.165, 1.54) is 11.3 Å². The number of nitrogens with two attached hydrogens (primary N) is 1. The topological polar surface area (TPSA) is 60.2 Å². The van der Waals surface area contributed by atoms with Crippen LogP contribution in [0.1, 0.15) is 19.5 Å². The van der Waals surface area contributed by atoms with E-state index in [1.807, 2.05) is 25.1 Å². The highest BCUT2D eigenvalue weighted by Gasteiger charge is 2.13. The largest absolute Gasteiger partial charge is 0.493 e. The molecule has 0 radical (unpaired) electrons. The van der Waals surface area contributed by atoms with Gasteiger partial charge in [0.05, 0.1) is 17.2 Å². The Hall–Kier alpha value is -1.59. The highest BCUT2D eigenvalue weighted by molar-refractivity contribution is 7.19. The zero-order valence-electron chi connectivity index (χ0n) is 11.4. The smallest absolute Gasteiger partial charge is 0.197 e. The minimum absolute atomic E-state index is 0.497. The average molecular weight is 277 g/mol. The number of hydrogen-bond donors (Lipinski definition) is 2. The normalized spacial score (nSPS) is 10.8. The van der Waals surface area contributed by atoms with Crippen LogP contribution in [0.15, 0.2) is 24.3 Å². The second-order valence-corrected chi connectivity index (χ2v) is 5.78. The first-order chi connectivity index (χ1) is 9.11. The van der Waals surface area contributed by atoms with E-state index in [1.54, 1.807) is 0 Å². The molecular formula is C14H19N3OS. The fraction of sp³-hybridized carbons (Fsp3) is 0.357. The maximum absolute atomic E-state index is 5.88. The lowest BCUT2D eigenvalue weighted by Gasteiger charge is -2.12. The lowest BCUT2D eigenvalue weighted by atomic mass is 10.1. The minimum atomic E-state index is 0.497. The molecule has 0 fully saturated rings. The molecule has 2 rings (SSSR count). The van der Waals surface area contributed by atoms with Crippen molar-refractivity contribution in [1.82, 2.24) is 4.98 Å². The van der Waals surface area contributed by atoms with E-state index in [0.717, 1.165) is 21.9 Å². The van der Waals surface area contributed by atoms with E-state index in [4.69, 9.17) is 10.6 Å². The van der Waals surface area contributed by atoms with E-state index in [0.29, 0.717) is 17.7 Å². The van der Waals surface area contributed by atoms with Crippen molar-refractivity contribution in [3.8, 4) is 16.2 Å². The summed E-state index contributed by atoms with van der Waals surface area (Å²) >= 11 is 1.53. The van der Waals surface area contributed by atoms with Crippen LogP contribution in [0.2, 0.25) is 0 Å². The van der Waals surface area contributed by atoms with Gasteiger partial charge in [-0.15, -0.1) is 0 Å². The number of hydrogen-bond acceptors (Lipinski definition) is 5. The summed E-state index contributed by atoms with van der Waals surface area (Å²) in [7, 11) is 0.